The van der Waals surface area contributed by atoms with Crippen molar-refractivity contribution in [2.45, 2.75) is 180 Å². The number of allylic oxidation sites excluding steroid dienone is 4. The van der Waals surface area contributed by atoms with E-state index in [4.69, 9.17) is 37.9 Å². The number of nitrogens with zero attached hydrogens (tertiary/aromatic N) is 1. The minimum absolute atomic E-state index is 0.00361. The summed E-state index contributed by atoms with van der Waals surface area (Å²) in [5.74, 6) is -1.14. The summed E-state index contributed by atoms with van der Waals surface area (Å²) < 4.78 is 50.2. The zero-order chi connectivity index (χ0) is 41.3. The summed E-state index contributed by atoms with van der Waals surface area (Å²) in [4.78, 5) is 42.9. The predicted molar refractivity (Wildman–Crippen MR) is 213 cm³/mol. The first-order valence-corrected chi connectivity index (χ1v) is 21.8. The maximum Gasteiger partial charge on any atom is 0.306 e. The topological polar surface area (TPSA) is 128 Å². The fourth-order valence-corrected chi connectivity index (χ4v) is 11.4. The Hall–Kier alpha value is -2.19. The SMILES string of the molecule is CCC(=O)N(C)[C@H]1CCC(C)(O[C@H]2CCC[C@H](CC)OC(=O)C[C@@H]3C(=C[C@@H]4[C@H]3C=C(C)[C@@H]3C[C@@H](O[C@@H]5OC(C)[C@H](OC)C(OC)C5OC)C[C@@H]43)C(=O)[C@@H]2C)OC1C. The van der Waals surface area contributed by atoms with Crippen molar-refractivity contribution in [3.05, 3.63) is 23.3 Å². The van der Waals surface area contributed by atoms with E-state index in [0.717, 1.165) is 37.7 Å². The molecule has 0 bridgehead atoms. The summed E-state index contributed by atoms with van der Waals surface area (Å²) in [7, 11) is 6.81. The fraction of sp³-hybridized carbons (Fsp3) is 0.844. The molecule has 0 aromatic heterocycles. The Morgan fingerprint density at radius 1 is 0.912 bits per heavy atom. The number of ketones is 1. The molecule has 12 heteroatoms. The van der Waals surface area contributed by atoms with Crippen LogP contribution in [0.4, 0.5) is 0 Å². The molecule has 0 radical (unpaired) electrons. The molecule has 0 aromatic rings. The number of methoxy groups -OCH3 is 3. The van der Waals surface area contributed by atoms with Gasteiger partial charge in [0.05, 0.1) is 36.9 Å². The van der Waals surface area contributed by atoms with Crippen LogP contribution in [0.15, 0.2) is 23.3 Å². The Morgan fingerprint density at radius 2 is 1.63 bits per heavy atom. The lowest BCUT2D eigenvalue weighted by atomic mass is 9.67. The Bertz CT molecular complexity index is 1500. The normalized spacial score (nSPS) is 44.1. The number of likely N-dealkylation sites (N-methyl/N-ethyl adjacent to an activating group) is 1. The number of carbonyl (C=O) groups excluding carboxylic acids is 3. The number of esters is 1. The molecule has 6 rings (SSSR count). The molecular weight excluding hydrogens is 730 g/mol. The van der Waals surface area contributed by atoms with Crippen LogP contribution in [0.3, 0.4) is 0 Å². The molecule has 0 aromatic carbocycles. The fourth-order valence-electron chi connectivity index (χ4n) is 11.4. The van der Waals surface area contributed by atoms with Crippen LogP contribution in [-0.4, -0.2) is 118 Å². The molecular formula is C45H71NO11. The summed E-state index contributed by atoms with van der Waals surface area (Å²) in [6.07, 6.45) is 8.10. The van der Waals surface area contributed by atoms with Crippen molar-refractivity contribution in [3.63, 3.8) is 0 Å². The van der Waals surface area contributed by atoms with Gasteiger partial charge < -0.3 is 42.8 Å². The van der Waals surface area contributed by atoms with Crippen LogP contribution < -0.4 is 0 Å². The van der Waals surface area contributed by atoms with Crippen molar-refractivity contribution in [1.29, 1.82) is 0 Å². The standard InChI is InChI=1S/C45H71NO11/c1-12-28-15-14-16-37(57-45(7)18-17-36(26(5)56-45)46(8)38(47)13-2)25(4)40(49)35-22-33-31(34(35)23-39(48)54-28)19-24(3)30-20-29(21-32(30)33)55-44-43(52-11)42(51-10)41(50-9)27(6)53-44/h19,22,25-34,36-37,41-44H,12-18,20-21,23H2,1-11H3/t25-,26?,27?,28+,29-,30+,31-,32-,33-,34+,36+,37+,41+,42?,43?,44+,45?/m1/s1. The molecule has 3 aliphatic carbocycles. The molecule has 322 valence electrons. The minimum Gasteiger partial charge on any atom is -0.462 e. The van der Waals surface area contributed by atoms with Gasteiger partial charge in [0.2, 0.25) is 5.91 Å². The highest BCUT2D eigenvalue weighted by molar-refractivity contribution is 5.99. The van der Waals surface area contributed by atoms with Gasteiger partial charge in [-0.1, -0.05) is 38.5 Å². The van der Waals surface area contributed by atoms with Gasteiger partial charge in [0.15, 0.2) is 17.9 Å². The summed E-state index contributed by atoms with van der Waals surface area (Å²) in [6.45, 7) is 14.1. The van der Waals surface area contributed by atoms with E-state index >= 15 is 0 Å². The number of carbonyl (C=O) groups is 3. The van der Waals surface area contributed by atoms with Crippen molar-refractivity contribution in [1.82, 2.24) is 4.90 Å². The van der Waals surface area contributed by atoms with Crippen LogP contribution >= 0.6 is 0 Å². The molecule has 5 unspecified atom stereocenters. The first-order valence-electron chi connectivity index (χ1n) is 21.8. The highest BCUT2D eigenvalue weighted by atomic mass is 16.7. The average molecular weight is 802 g/mol. The molecule has 3 heterocycles. The molecule has 17 atom stereocenters. The smallest absolute Gasteiger partial charge is 0.306 e. The molecule has 57 heavy (non-hydrogen) atoms. The van der Waals surface area contributed by atoms with Crippen molar-refractivity contribution < 1.29 is 52.3 Å². The zero-order valence-electron chi connectivity index (χ0n) is 36.4. The number of hydrogen-bond acceptors (Lipinski definition) is 11. The maximum absolute atomic E-state index is 14.9. The van der Waals surface area contributed by atoms with Gasteiger partial charge in [-0.15, -0.1) is 0 Å². The van der Waals surface area contributed by atoms with E-state index in [1.54, 1.807) is 26.2 Å². The van der Waals surface area contributed by atoms with E-state index in [1.807, 2.05) is 41.7 Å². The summed E-state index contributed by atoms with van der Waals surface area (Å²) in [5, 5.41) is 0. The number of hydrogen-bond donors (Lipinski definition) is 0. The average Bonchev–Trinajstić information content (AvgIpc) is 3.76. The van der Waals surface area contributed by atoms with E-state index < -0.39 is 30.2 Å². The van der Waals surface area contributed by atoms with Gasteiger partial charge >= 0.3 is 5.97 Å². The summed E-state index contributed by atoms with van der Waals surface area (Å²) >= 11 is 0. The van der Waals surface area contributed by atoms with Gasteiger partial charge in [-0.25, -0.2) is 0 Å². The molecule has 0 N–H and O–H groups in total. The molecule has 3 aliphatic heterocycles. The van der Waals surface area contributed by atoms with Gasteiger partial charge in [-0.05, 0) is 102 Å². The minimum atomic E-state index is -0.905. The summed E-state index contributed by atoms with van der Waals surface area (Å²) in [6, 6.07) is -0.0383. The Labute approximate surface area is 341 Å². The highest BCUT2D eigenvalue weighted by Crippen LogP contribution is 2.56. The van der Waals surface area contributed by atoms with Crippen molar-refractivity contribution in [2.75, 3.05) is 28.4 Å². The van der Waals surface area contributed by atoms with E-state index in [9.17, 15) is 14.4 Å². The van der Waals surface area contributed by atoms with Crippen LogP contribution in [0, 0.1) is 35.5 Å². The molecule has 6 aliphatic rings. The van der Waals surface area contributed by atoms with Crippen LogP contribution in [0.1, 0.15) is 113 Å². The molecule has 4 fully saturated rings. The molecule has 3 saturated heterocycles. The van der Waals surface area contributed by atoms with Gasteiger partial charge in [0.1, 0.15) is 24.4 Å². The number of Topliss-reactive ketones (excluding diaryl/α,β-unsaturated/α-hetero) is 1. The van der Waals surface area contributed by atoms with Crippen LogP contribution in [0.5, 0.6) is 0 Å². The predicted octanol–water partition coefficient (Wildman–Crippen LogP) is 6.57. The maximum atomic E-state index is 14.9. The van der Waals surface area contributed by atoms with Gasteiger partial charge in [-0.3, -0.25) is 14.4 Å². The van der Waals surface area contributed by atoms with E-state index in [2.05, 4.69) is 26.0 Å². The van der Waals surface area contributed by atoms with Crippen molar-refractivity contribution in [2.24, 2.45) is 35.5 Å². The lowest BCUT2D eigenvalue weighted by Crippen LogP contribution is -2.59. The van der Waals surface area contributed by atoms with E-state index in [0.29, 0.717) is 25.7 Å². The van der Waals surface area contributed by atoms with Gasteiger partial charge in [-0.2, -0.15) is 0 Å². The van der Waals surface area contributed by atoms with Crippen LogP contribution in [-0.2, 0) is 52.3 Å². The second-order valence-electron chi connectivity index (χ2n) is 18.0. The number of cyclic esters (lactones) is 1. The summed E-state index contributed by atoms with van der Waals surface area (Å²) in [5.41, 5.74) is 2.01. The second-order valence-corrected chi connectivity index (χ2v) is 18.0. The Kier molecular flexibility index (Phi) is 14.5. The number of amides is 1. The van der Waals surface area contributed by atoms with Crippen molar-refractivity contribution >= 4 is 17.7 Å². The Balaban J connectivity index is 1.23. The van der Waals surface area contributed by atoms with Gasteiger partial charge in [0.25, 0.3) is 0 Å². The van der Waals surface area contributed by atoms with Crippen LogP contribution in [0.25, 0.3) is 0 Å². The third-order valence-corrected chi connectivity index (χ3v) is 14.5. The Morgan fingerprint density at radius 3 is 2.28 bits per heavy atom. The second kappa shape index (κ2) is 18.6. The molecule has 1 amide bonds. The third-order valence-electron chi connectivity index (χ3n) is 14.5. The lowest BCUT2D eigenvalue weighted by molar-refractivity contribution is -0.314. The van der Waals surface area contributed by atoms with Crippen LogP contribution in [0.2, 0.25) is 0 Å². The van der Waals surface area contributed by atoms with E-state index in [1.165, 1.54) is 5.57 Å². The molecule has 1 saturated carbocycles. The lowest BCUT2D eigenvalue weighted by Gasteiger charge is -2.46. The molecule has 12 nitrogen and oxygen atoms in total. The zero-order valence-corrected chi connectivity index (χ0v) is 36.4. The quantitative estimate of drug-likeness (QED) is 0.176. The third kappa shape index (κ3) is 9.13. The largest absolute Gasteiger partial charge is 0.462 e. The van der Waals surface area contributed by atoms with Crippen molar-refractivity contribution in [3.8, 4) is 0 Å². The number of rotatable bonds is 10. The van der Waals surface area contributed by atoms with E-state index in [-0.39, 0.29) is 96.3 Å². The van der Waals surface area contributed by atoms with Gasteiger partial charge in [0, 0.05) is 53.1 Å². The first-order chi connectivity index (χ1) is 27.2. The number of fused-ring (bicyclic) bond motifs is 5. The monoisotopic (exact) mass is 802 g/mol. The first kappa shape index (κ1) is 44.4. The highest BCUT2D eigenvalue weighted by Gasteiger charge is 2.54. The number of ether oxygens (including phenoxy) is 8. The molecule has 0 spiro atoms.